The fraction of sp³-hybridized carbons (Fsp3) is 1.00. The summed E-state index contributed by atoms with van der Waals surface area (Å²) >= 11 is 0. The van der Waals surface area contributed by atoms with Crippen LogP contribution >= 0.6 is 0 Å². The highest BCUT2D eigenvalue weighted by Gasteiger charge is 2.54. The normalized spacial score (nSPS) is 55.1. The van der Waals surface area contributed by atoms with Crippen molar-refractivity contribution in [3.05, 3.63) is 0 Å². The minimum atomic E-state index is -1.54. The number of aliphatic hydroxyl groups excluding tert-OH is 6. The topological polar surface area (TPSA) is 284 Å². The second kappa shape index (κ2) is 11.8. The Bertz CT molecular complexity index is 756. The summed E-state index contributed by atoms with van der Waals surface area (Å²) in [7, 11) is 1.55. The summed E-state index contributed by atoms with van der Waals surface area (Å²) in [6, 6.07) is -4.05. The Morgan fingerprint density at radius 1 is 0.730 bits per heavy atom. The predicted octanol–water partition coefficient (Wildman–Crippen LogP) is -6.95. The first kappa shape index (κ1) is 29.3. The molecule has 4 fully saturated rings. The highest BCUT2D eigenvalue weighted by Crippen LogP contribution is 2.35. The van der Waals surface area contributed by atoms with Crippen LogP contribution in [0.15, 0.2) is 0 Å². The Balaban J connectivity index is 1.43. The maximum absolute atomic E-state index is 11.1. The van der Waals surface area contributed by atoms with Crippen LogP contribution in [0.3, 0.4) is 0 Å². The van der Waals surface area contributed by atoms with Crippen molar-refractivity contribution in [2.24, 2.45) is 22.9 Å². The van der Waals surface area contributed by atoms with Gasteiger partial charge in [0.25, 0.3) is 0 Å². The first-order valence-electron chi connectivity index (χ1n) is 12.5. The van der Waals surface area contributed by atoms with Crippen molar-refractivity contribution < 1.29 is 54.3 Å². The van der Waals surface area contributed by atoms with Crippen LogP contribution in [0.2, 0.25) is 0 Å². The molecular formula is C21H41N5O11. The van der Waals surface area contributed by atoms with Crippen LogP contribution in [0.4, 0.5) is 0 Å². The molecule has 3 heterocycles. The first-order chi connectivity index (χ1) is 17.5. The maximum atomic E-state index is 11.1. The minimum Gasteiger partial charge on any atom is -0.394 e. The van der Waals surface area contributed by atoms with Gasteiger partial charge in [0.05, 0.1) is 36.9 Å². The molecule has 3 saturated heterocycles. The molecule has 0 aromatic heterocycles. The van der Waals surface area contributed by atoms with E-state index in [2.05, 4.69) is 5.32 Å². The molecule has 0 bridgehead atoms. The van der Waals surface area contributed by atoms with Gasteiger partial charge in [0.1, 0.15) is 42.7 Å². The van der Waals surface area contributed by atoms with Crippen LogP contribution in [0, 0.1) is 0 Å². The molecule has 37 heavy (non-hydrogen) atoms. The number of fused-ring (bicyclic) bond motifs is 1. The van der Waals surface area contributed by atoms with Gasteiger partial charge < -0.3 is 82.6 Å². The molecule has 15 N–H and O–H groups in total. The Hall–Kier alpha value is -0.640. The second-order valence-electron chi connectivity index (χ2n) is 10.3. The van der Waals surface area contributed by atoms with Crippen molar-refractivity contribution >= 4 is 0 Å². The zero-order valence-corrected chi connectivity index (χ0v) is 20.5. The Morgan fingerprint density at radius 2 is 1.43 bits per heavy atom. The van der Waals surface area contributed by atoms with Crippen molar-refractivity contribution in [2.45, 2.75) is 117 Å². The molecular weight excluding hydrogens is 498 g/mol. The van der Waals surface area contributed by atoms with Crippen molar-refractivity contribution in [2.75, 3.05) is 13.7 Å². The average molecular weight is 540 g/mol. The van der Waals surface area contributed by atoms with Gasteiger partial charge in [0.15, 0.2) is 18.9 Å². The van der Waals surface area contributed by atoms with E-state index >= 15 is 0 Å². The first-order valence-corrected chi connectivity index (χ1v) is 12.5. The minimum absolute atomic E-state index is 0.156. The summed E-state index contributed by atoms with van der Waals surface area (Å²) in [5, 5.41) is 64.7. The summed E-state index contributed by atoms with van der Waals surface area (Å²) in [5.74, 6) is 0. The molecule has 16 heteroatoms. The van der Waals surface area contributed by atoms with Crippen LogP contribution in [0.1, 0.15) is 12.8 Å². The van der Waals surface area contributed by atoms with Crippen LogP contribution in [0.25, 0.3) is 0 Å². The SMILES string of the molecule is CNC1C(O)C2O[C@H](OC3C(N)C[C@@H](N)C(O)[C@H]3O)C(N)C[C@H]2O[C@@H]1O[C@H]1OC(CO)[C@@H](N)[C@H](O)C1O. The van der Waals surface area contributed by atoms with Gasteiger partial charge in [-0.2, -0.15) is 0 Å². The van der Waals surface area contributed by atoms with E-state index in [0.717, 1.165) is 0 Å². The summed E-state index contributed by atoms with van der Waals surface area (Å²) in [4.78, 5) is 0. The van der Waals surface area contributed by atoms with E-state index in [1.165, 1.54) is 0 Å². The van der Waals surface area contributed by atoms with Gasteiger partial charge in [-0.1, -0.05) is 0 Å². The number of hydrogen-bond donors (Lipinski definition) is 11. The van der Waals surface area contributed by atoms with Gasteiger partial charge >= 0.3 is 0 Å². The van der Waals surface area contributed by atoms with Crippen molar-refractivity contribution in [3.63, 3.8) is 0 Å². The fourth-order valence-electron chi connectivity index (χ4n) is 5.46. The second-order valence-corrected chi connectivity index (χ2v) is 10.3. The molecule has 0 aromatic carbocycles. The molecule has 1 aliphatic carbocycles. The quantitative estimate of drug-likeness (QED) is 0.149. The monoisotopic (exact) mass is 539 g/mol. The van der Waals surface area contributed by atoms with Crippen LogP contribution in [-0.2, 0) is 23.7 Å². The van der Waals surface area contributed by atoms with Gasteiger partial charge in [-0.3, -0.25) is 0 Å². The third kappa shape index (κ3) is 5.66. The van der Waals surface area contributed by atoms with E-state index in [1.807, 2.05) is 0 Å². The highest BCUT2D eigenvalue weighted by molar-refractivity contribution is 5.01. The molecule has 4 aliphatic rings. The molecule has 216 valence electrons. The molecule has 0 radical (unpaired) electrons. The molecule has 9 unspecified atom stereocenters. The van der Waals surface area contributed by atoms with Gasteiger partial charge in [-0.15, -0.1) is 0 Å². The Kier molecular flexibility index (Phi) is 9.40. The fourth-order valence-corrected chi connectivity index (χ4v) is 5.46. The Labute approximate surface area is 213 Å². The number of ether oxygens (including phenoxy) is 5. The molecule has 0 spiro atoms. The lowest BCUT2D eigenvalue weighted by atomic mass is 9.84. The van der Waals surface area contributed by atoms with Gasteiger partial charge in [-0.05, 0) is 19.9 Å². The van der Waals surface area contributed by atoms with Crippen LogP contribution in [-0.4, -0.2) is 148 Å². The lowest BCUT2D eigenvalue weighted by Crippen LogP contribution is -2.70. The summed E-state index contributed by atoms with van der Waals surface area (Å²) < 4.78 is 29.2. The number of likely N-dealkylation sites (N-methyl/N-ethyl adjacent to an activating group) is 1. The Morgan fingerprint density at radius 3 is 2.08 bits per heavy atom. The number of nitrogens with one attached hydrogen (secondary N) is 1. The van der Waals surface area contributed by atoms with Crippen molar-refractivity contribution in [3.8, 4) is 0 Å². The van der Waals surface area contributed by atoms with E-state index in [1.54, 1.807) is 7.05 Å². The number of rotatable bonds is 6. The van der Waals surface area contributed by atoms with E-state index < -0.39 is 111 Å². The van der Waals surface area contributed by atoms with Crippen molar-refractivity contribution in [1.82, 2.24) is 5.32 Å². The number of hydrogen-bond acceptors (Lipinski definition) is 16. The van der Waals surface area contributed by atoms with E-state index in [-0.39, 0.29) is 12.8 Å². The lowest BCUT2D eigenvalue weighted by molar-refractivity contribution is -0.373. The lowest BCUT2D eigenvalue weighted by Gasteiger charge is -2.51. The largest absolute Gasteiger partial charge is 0.394 e. The average Bonchev–Trinajstić information content (AvgIpc) is 2.86. The molecule has 16 nitrogen and oxygen atoms in total. The van der Waals surface area contributed by atoms with E-state index in [0.29, 0.717) is 0 Å². The summed E-state index contributed by atoms with van der Waals surface area (Å²) in [6.07, 6.45) is -13.7. The van der Waals surface area contributed by atoms with Gasteiger partial charge in [-0.25, -0.2) is 0 Å². The number of nitrogens with two attached hydrogens (primary N) is 4. The van der Waals surface area contributed by atoms with E-state index in [9.17, 15) is 30.6 Å². The molecule has 3 aliphatic heterocycles. The summed E-state index contributed by atoms with van der Waals surface area (Å²) in [6.45, 7) is -0.508. The predicted molar refractivity (Wildman–Crippen MR) is 123 cm³/mol. The van der Waals surface area contributed by atoms with E-state index in [4.69, 9.17) is 46.6 Å². The molecule has 17 atom stereocenters. The third-order valence-corrected chi connectivity index (χ3v) is 7.74. The maximum Gasteiger partial charge on any atom is 0.189 e. The molecule has 4 rings (SSSR count). The zero-order valence-electron chi connectivity index (χ0n) is 20.5. The molecule has 0 amide bonds. The smallest absolute Gasteiger partial charge is 0.189 e. The molecule has 1 saturated carbocycles. The van der Waals surface area contributed by atoms with Gasteiger partial charge in [0.2, 0.25) is 0 Å². The zero-order chi connectivity index (χ0) is 27.2. The highest BCUT2D eigenvalue weighted by atomic mass is 16.8. The van der Waals surface area contributed by atoms with Gasteiger partial charge in [0, 0.05) is 12.1 Å². The standard InChI is InChI=1S/C21H41N5O11/c1-26-11-14(30)18-8(33-20(11)37-21-16(32)13(29)10(25)9(4-27)34-21)3-7(24)19(36-18)35-17-6(23)2-5(22)12(28)15(17)31/h5-21,26-32H,2-4,22-25H2,1H3/t5-,6?,7?,8-,9?,10-,11?,12?,13+,14?,15-,16?,17?,18?,19+,20-,21-/m1/s1. The van der Waals surface area contributed by atoms with Crippen LogP contribution in [0.5, 0.6) is 0 Å². The van der Waals surface area contributed by atoms with Crippen LogP contribution < -0.4 is 28.3 Å². The molecule has 0 aromatic rings. The number of aliphatic hydroxyl groups is 6. The summed E-state index contributed by atoms with van der Waals surface area (Å²) in [5.41, 5.74) is 24.0. The van der Waals surface area contributed by atoms with Crippen molar-refractivity contribution in [1.29, 1.82) is 0 Å². The third-order valence-electron chi connectivity index (χ3n) is 7.74.